The Kier molecular flexibility index (Phi) is 13.6. The highest BCUT2D eigenvalue weighted by Gasteiger charge is 2.23. The van der Waals surface area contributed by atoms with Crippen LogP contribution in [-0.2, 0) is 11.3 Å². The molecule has 1 heterocycles. The van der Waals surface area contributed by atoms with Gasteiger partial charge in [0.15, 0.2) is 5.96 Å². The van der Waals surface area contributed by atoms with Crippen molar-refractivity contribution < 1.29 is 9.53 Å². The summed E-state index contributed by atoms with van der Waals surface area (Å²) in [6.07, 6.45) is 4.10. The van der Waals surface area contributed by atoms with E-state index in [1.54, 1.807) is 0 Å². The number of ether oxygens (including phenoxy) is 1. The number of aliphatic imine (C=N–C) groups is 1. The molecule has 1 aliphatic heterocycles. The van der Waals surface area contributed by atoms with Crippen LogP contribution in [0.1, 0.15) is 57.6 Å². The molecular weight excluding hydrogens is 517 g/mol. The Morgan fingerprint density at radius 2 is 2.12 bits per heavy atom. The van der Waals surface area contributed by atoms with E-state index in [0.29, 0.717) is 6.54 Å². The monoisotopic (exact) mass is 559 g/mol. The topological polar surface area (TPSA) is 92.0 Å². The summed E-state index contributed by atoms with van der Waals surface area (Å²) in [6, 6.07) is 6.30. The van der Waals surface area contributed by atoms with Gasteiger partial charge < -0.3 is 26.0 Å². The highest BCUT2D eigenvalue weighted by Crippen LogP contribution is 2.23. The van der Waals surface area contributed by atoms with E-state index in [2.05, 4.69) is 61.4 Å². The molecular formula is C24H42IN5O2. The Morgan fingerprint density at radius 1 is 1.34 bits per heavy atom. The van der Waals surface area contributed by atoms with Crippen molar-refractivity contribution in [1.29, 1.82) is 0 Å². The molecule has 8 heteroatoms. The third-order valence-corrected chi connectivity index (χ3v) is 5.73. The molecule has 0 aliphatic carbocycles. The Hall–Kier alpha value is -1.55. The van der Waals surface area contributed by atoms with Crippen LogP contribution in [0.4, 0.5) is 0 Å². The zero-order valence-corrected chi connectivity index (χ0v) is 22.5. The van der Waals surface area contributed by atoms with Gasteiger partial charge in [-0.15, -0.1) is 24.0 Å². The lowest BCUT2D eigenvalue weighted by atomic mass is 9.97. The van der Waals surface area contributed by atoms with Crippen LogP contribution in [0.25, 0.3) is 0 Å². The number of primary amides is 1. The van der Waals surface area contributed by atoms with Crippen molar-refractivity contribution >= 4 is 35.8 Å². The lowest BCUT2D eigenvalue weighted by Gasteiger charge is -2.31. The molecule has 0 bridgehead atoms. The van der Waals surface area contributed by atoms with Crippen molar-refractivity contribution in [3.63, 3.8) is 0 Å². The number of nitrogens with zero attached hydrogens (tertiary/aromatic N) is 2. The van der Waals surface area contributed by atoms with E-state index in [9.17, 15) is 4.79 Å². The minimum Gasteiger partial charge on any atom is -0.490 e. The quantitative estimate of drug-likeness (QED) is 0.167. The second-order valence-corrected chi connectivity index (χ2v) is 8.47. The summed E-state index contributed by atoms with van der Waals surface area (Å²) in [5.41, 5.74) is 7.76. The van der Waals surface area contributed by atoms with E-state index in [1.165, 1.54) is 5.56 Å². The predicted octanol–water partition coefficient (Wildman–Crippen LogP) is 3.43. The van der Waals surface area contributed by atoms with Crippen LogP contribution in [0, 0.1) is 12.8 Å². The molecule has 1 aromatic rings. The minimum absolute atomic E-state index is 0. The standard InChI is InChI=1S/C24H41N5O2.HI/c1-5-19(4)31-22-15-18(3)10-11-20(22)16-28-24(26-6-2)27-12-8-14-29-13-7-9-21(17-29)23(25)30;/h10-11,15,19,21H,5-9,12-14,16-17H2,1-4H3,(H2,25,30)(H2,26,27,28);1H. The summed E-state index contributed by atoms with van der Waals surface area (Å²) in [4.78, 5) is 18.6. The molecule has 1 aliphatic rings. The molecule has 1 saturated heterocycles. The molecule has 32 heavy (non-hydrogen) atoms. The van der Waals surface area contributed by atoms with Gasteiger partial charge in [-0.1, -0.05) is 19.1 Å². The van der Waals surface area contributed by atoms with Gasteiger partial charge in [-0.05, 0) is 71.2 Å². The average molecular weight is 560 g/mol. The van der Waals surface area contributed by atoms with E-state index in [-0.39, 0.29) is 41.9 Å². The number of piperidine rings is 1. The molecule has 7 nitrogen and oxygen atoms in total. The third kappa shape index (κ3) is 9.94. The van der Waals surface area contributed by atoms with Gasteiger partial charge in [0, 0.05) is 25.2 Å². The van der Waals surface area contributed by atoms with Gasteiger partial charge in [0.2, 0.25) is 5.91 Å². The number of halogens is 1. The van der Waals surface area contributed by atoms with Crippen molar-refractivity contribution in [2.45, 2.75) is 66.0 Å². The zero-order chi connectivity index (χ0) is 22.6. The first-order valence-corrected chi connectivity index (χ1v) is 11.7. The number of hydrogen-bond acceptors (Lipinski definition) is 4. The van der Waals surface area contributed by atoms with Crippen molar-refractivity contribution in [2.75, 3.05) is 32.7 Å². The lowest BCUT2D eigenvalue weighted by Crippen LogP contribution is -2.43. The molecule has 0 saturated carbocycles. The largest absolute Gasteiger partial charge is 0.490 e. The second-order valence-electron chi connectivity index (χ2n) is 8.47. The fourth-order valence-electron chi connectivity index (χ4n) is 3.71. The van der Waals surface area contributed by atoms with E-state index in [4.69, 9.17) is 15.5 Å². The maximum Gasteiger partial charge on any atom is 0.221 e. The first kappa shape index (κ1) is 28.5. The first-order valence-electron chi connectivity index (χ1n) is 11.7. The van der Waals surface area contributed by atoms with Gasteiger partial charge in [-0.3, -0.25) is 4.79 Å². The fourth-order valence-corrected chi connectivity index (χ4v) is 3.71. The number of hydrogen-bond donors (Lipinski definition) is 3. The molecule has 4 N–H and O–H groups in total. The number of likely N-dealkylation sites (tertiary alicyclic amines) is 1. The molecule has 182 valence electrons. The summed E-state index contributed by atoms with van der Waals surface area (Å²) in [5, 5.41) is 6.75. The van der Waals surface area contributed by atoms with E-state index in [1.807, 2.05) is 0 Å². The Labute approximate surface area is 211 Å². The predicted molar refractivity (Wildman–Crippen MR) is 143 cm³/mol. The molecule has 0 spiro atoms. The minimum atomic E-state index is -0.169. The Morgan fingerprint density at radius 3 is 2.81 bits per heavy atom. The number of rotatable bonds is 11. The molecule has 1 aromatic carbocycles. The highest BCUT2D eigenvalue weighted by molar-refractivity contribution is 14.0. The van der Waals surface area contributed by atoms with Crippen LogP contribution in [0.2, 0.25) is 0 Å². The summed E-state index contributed by atoms with van der Waals surface area (Å²) >= 11 is 0. The maximum atomic E-state index is 11.4. The molecule has 0 radical (unpaired) electrons. The van der Waals surface area contributed by atoms with Crippen molar-refractivity contribution in [3.8, 4) is 5.75 Å². The Balaban J connectivity index is 0.00000512. The van der Waals surface area contributed by atoms with Crippen molar-refractivity contribution in [3.05, 3.63) is 29.3 Å². The average Bonchev–Trinajstić information content (AvgIpc) is 2.76. The van der Waals surface area contributed by atoms with Gasteiger partial charge in [0.25, 0.3) is 0 Å². The number of amides is 1. The smallest absolute Gasteiger partial charge is 0.221 e. The van der Waals surface area contributed by atoms with Gasteiger partial charge in [-0.25, -0.2) is 4.99 Å². The maximum absolute atomic E-state index is 11.4. The van der Waals surface area contributed by atoms with Crippen LogP contribution < -0.4 is 21.1 Å². The van der Waals surface area contributed by atoms with Crippen molar-refractivity contribution in [1.82, 2.24) is 15.5 Å². The molecule has 1 amide bonds. The van der Waals surface area contributed by atoms with Crippen LogP contribution in [0.3, 0.4) is 0 Å². The fraction of sp³-hybridized carbons (Fsp3) is 0.667. The number of benzene rings is 1. The SMILES string of the molecule is CCNC(=NCc1ccc(C)cc1OC(C)CC)NCCCN1CCCC(C(N)=O)C1.I. The summed E-state index contributed by atoms with van der Waals surface area (Å²) in [5.74, 6) is 1.56. The Bertz CT molecular complexity index is 728. The molecule has 2 unspecified atom stereocenters. The number of aryl methyl sites for hydroxylation is 1. The summed E-state index contributed by atoms with van der Waals surface area (Å²) < 4.78 is 6.11. The number of nitrogens with two attached hydrogens (primary N) is 1. The zero-order valence-electron chi connectivity index (χ0n) is 20.2. The van der Waals surface area contributed by atoms with Crippen LogP contribution in [0.15, 0.2) is 23.2 Å². The number of carbonyl (C=O) groups excluding carboxylic acids is 1. The van der Waals surface area contributed by atoms with Gasteiger partial charge >= 0.3 is 0 Å². The highest BCUT2D eigenvalue weighted by atomic mass is 127. The number of guanidine groups is 1. The molecule has 2 atom stereocenters. The van der Waals surface area contributed by atoms with E-state index in [0.717, 1.165) is 75.7 Å². The normalized spacial score (nSPS) is 17.9. The van der Waals surface area contributed by atoms with Gasteiger partial charge in [0.1, 0.15) is 5.75 Å². The van der Waals surface area contributed by atoms with Crippen LogP contribution in [0.5, 0.6) is 5.75 Å². The van der Waals surface area contributed by atoms with Crippen molar-refractivity contribution in [2.24, 2.45) is 16.6 Å². The van der Waals surface area contributed by atoms with Crippen LogP contribution in [-0.4, -0.2) is 55.6 Å². The van der Waals surface area contributed by atoms with E-state index < -0.39 is 0 Å². The third-order valence-electron chi connectivity index (χ3n) is 5.73. The molecule has 2 rings (SSSR count). The number of carbonyl (C=O) groups is 1. The van der Waals surface area contributed by atoms with Gasteiger partial charge in [0.05, 0.1) is 18.6 Å². The van der Waals surface area contributed by atoms with Gasteiger partial charge in [-0.2, -0.15) is 0 Å². The second kappa shape index (κ2) is 15.3. The number of nitrogens with one attached hydrogen (secondary N) is 2. The summed E-state index contributed by atoms with van der Waals surface area (Å²) in [7, 11) is 0. The first-order chi connectivity index (χ1) is 14.9. The molecule has 0 aromatic heterocycles. The molecule has 1 fully saturated rings. The lowest BCUT2D eigenvalue weighted by molar-refractivity contribution is -0.123. The summed E-state index contributed by atoms with van der Waals surface area (Å²) in [6.45, 7) is 13.4. The van der Waals surface area contributed by atoms with E-state index >= 15 is 0 Å². The van der Waals surface area contributed by atoms with Crippen LogP contribution >= 0.6 is 24.0 Å².